The first-order valence-electron chi connectivity index (χ1n) is 7.60. The van der Waals surface area contributed by atoms with Crippen molar-refractivity contribution in [1.29, 1.82) is 0 Å². The molecule has 1 aliphatic rings. The minimum atomic E-state index is -0.273. The van der Waals surface area contributed by atoms with Gasteiger partial charge in [-0.05, 0) is 43.8 Å². The van der Waals surface area contributed by atoms with Crippen LogP contribution in [0, 0.1) is 5.41 Å². The number of hydrogen-bond acceptors (Lipinski definition) is 3. The highest BCUT2D eigenvalue weighted by Crippen LogP contribution is 2.28. The summed E-state index contributed by atoms with van der Waals surface area (Å²) in [6.07, 6.45) is 3.42. The maximum atomic E-state index is 12.3. The number of carbonyl (C=O) groups excluding carboxylic acids is 1. The van der Waals surface area contributed by atoms with Crippen LogP contribution in [0.5, 0.6) is 0 Å². The molecule has 0 saturated carbocycles. The van der Waals surface area contributed by atoms with Crippen LogP contribution in [0.1, 0.15) is 51.0 Å². The van der Waals surface area contributed by atoms with Crippen LogP contribution >= 0.6 is 11.3 Å². The van der Waals surface area contributed by atoms with Crippen LogP contribution in [0.15, 0.2) is 17.5 Å². The van der Waals surface area contributed by atoms with E-state index >= 15 is 0 Å². The summed E-state index contributed by atoms with van der Waals surface area (Å²) in [5.74, 6) is 0.167. The monoisotopic (exact) mass is 294 g/mol. The molecule has 2 heterocycles. The quantitative estimate of drug-likeness (QED) is 0.871. The Hall–Kier alpha value is -0.870. The van der Waals surface area contributed by atoms with Gasteiger partial charge in [0.1, 0.15) is 0 Å². The van der Waals surface area contributed by atoms with Gasteiger partial charge in [0.2, 0.25) is 5.91 Å². The Bertz CT molecular complexity index is 422. The molecule has 2 rings (SSSR count). The van der Waals surface area contributed by atoms with E-state index in [1.807, 2.05) is 13.8 Å². The number of nitrogens with zero attached hydrogens (tertiary/aromatic N) is 1. The zero-order valence-electron chi connectivity index (χ0n) is 12.8. The summed E-state index contributed by atoms with van der Waals surface area (Å²) in [7, 11) is 0. The first-order chi connectivity index (χ1) is 9.54. The van der Waals surface area contributed by atoms with Crippen molar-refractivity contribution in [3.05, 3.63) is 22.4 Å². The lowest BCUT2D eigenvalue weighted by molar-refractivity contribution is -0.129. The third-order valence-electron chi connectivity index (χ3n) is 4.41. The minimum Gasteiger partial charge on any atom is -0.354 e. The summed E-state index contributed by atoms with van der Waals surface area (Å²) in [4.78, 5) is 16.1. The smallest absolute Gasteiger partial charge is 0.225 e. The molecule has 3 nitrogen and oxygen atoms in total. The predicted octanol–water partition coefficient (Wildman–Crippen LogP) is 3.44. The van der Waals surface area contributed by atoms with E-state index in [9.17, 15) is 4.79 Å². The zero-order chi connectivity index (χ0) is 14.6. The SMILES string of the molecule is CCC(C)(C)C(=O)NCC(c1cccs1)N1CCCC1. The Morgan fingerprint density at radius 3 is 2.70 bits per heavy atom. The van der Waals surface area contributed by atoms with Crippen molar-refractivity contribution < 1.29 is 4.79 Å². The molecule has 0 aliphatic carbocycles. The van der Waals surface area contributed by atoms with E-state index in [2.05, 4.69) is 34.7 Å². The van der Waals surface area contributed by atoms with Gasteiger partial charge in [0.15, 0.2) is 0 Å². The Morgan fingerprint density at radius 2 is 2.15 bits per heavy atom. The van der Waals surface area contributed by atoms with Crippen LogP contribution in [-0.4, -0.2) is 30.4 Å². The number of carbonyl (C=O) groups is 1. The van der Waals surface area contributed by atoms with E-state index in [-0.39, 0.29) is 11.3 Å². The number of amides is 1. The van der Waals surface area contributed by atoms with E-state index in [4.69, 9.17) is 0 Å². The maximum absolute atomic E-state index is 12.3. The molecule has 1 saturated heterocycles. The highest BCUT2D eigenvalue weighted by atomic mass is 32.1. The van der Waals surface area contributed by atoms with Crippen molar-refractivity contribution >= 4 is 17.2 Å². The Labute approximate surface area is 126 Å². The fraction of sp³-hybridized carbons (Fsp3) is 0.688. The molecule has 1 aromatic heterocycles. The topological polar surface area (TPSA) is 32.3 Å². The predicted molar refractivity (Wildman–Crippen MR) is 84.9 cm³/mol. The third-order valence-corrected chi connectivity index (χ3v) is 5.38. The summed E-state index contributed by atoms with van der Waals surface area (Å²) in [5.41, 5.74) is -0.273. The molecular formula is C16H26N2OS. The van der Waals surface area contributed by atoms with E-state index in [0.717, 1.165) is 26.1 Å². The van der Waals surface area contributed by atoms with Crippen LogP contribution in [0.25, 0.3) is 0 Å². The molecule has 20 heavy (non-hydrogen) atoms. The highest BCUT2D eigenvalue weighted by Gasteiger charge is 2.28. The Kier molecular flexibility index (Phi) is 5.22. The van der Waals surface area contributed by atoms with Crippen molar-refractivity contribution in [2.45, 2.75) is 46.1 Å². The van der Waals surface area contributed by atoms with Crippen molar-refractivity contribution in [1.82, 2.24) is 10.2 Å². The highest BCUT2D eigenvalue weighted by molar-refractivity contribution is 7.10. The van der Waals surface area contributed by atoms with Crippen molar-refractivity contribution in [2.75, 3.05) is 19.6 Å². The molecule has 1 aromatic rings. The van der Waals surface area contributed by atoms with Crippen LogP contribution in [0.3, 0.4) is 0 Å². The summed E-state index contributed by atoms with van der Waals surface area (Å²) in [5, 5.41) is 5.29. The summed E-state index contributed by atoms with van der Waals surface area (Å²) < 4.78 is 0. The first kappa shape index (κ1) is 15.5. The number of likely N-dealkylation sites (tertiary alicyclic amines) is 1. The number of thiophene rings is 1. The van der Waals surface area contributed by atoms with Gasteiger partial charge < -0.3 is 5.32 Å². The van der Waals surface area contributed by atoms with Crippen molar-refractivity contribution in [2.24, 2.45) is 5.41 Å². The molecule has 1 N–H and O–H groups in total. The van der Waals surface area contributed by atoms with Crippen molar-refractivity contribution in [3.63, 3.8) is 0 Å². The molecule has 1 atom stereocenters. The lowest BCUT2D eigenvalue weighted by atomic mass is 9.89. The standard InChI is InChI=1S/C16H26N2OS/c1-4-16(2,3)15(19)17-12-13(14-8-7-11-20-14)18-9-5-6-10-18/h7-8,11,13H,4-6,9-10,12H2,1-3H3,(H,17,19). The minimum absolute atomic E-state index is 0.167. The van der Waals surface area contributed by atoms with E-state index < -0.39 is 0 Å². The number of nitrogens with one attached hydrogen (secondary N) is 1. The van der Waals surface area contributed by atoms with Gasteiger partial charge in [0.05, 0.1) is 6.04 Å². The lowest BCUT2D eigenvalue weighted by Crippen LogP contribution is -2.41. The van der Waals surface area contributed by atoms with Gasteiger partial charge in [-0.15, -0.1) is 11.3 Å². The molecule has 1 amide bonds. The molecule has 0 spiro atoms. The summed E-state index contributed by atoms with van der Waals surface area (Å²) >= 11 is 1.79. The zero-order valence-corrected chi connectivity index (χ0v) is 13.6. The molecule has 1 fully saturated rings. The largest absolute Gasteiger partial charge is 0.354 e. The van der Waals surface area contributed by atoms with Gasteiger partial charge >= 0.3 is 0 Å². The molecule has 1 unspecified atom stereocenters. The van der Waals surface area contributed by atoms with E-state index in [1.165, 1.54) is 17.7 Å². The van der Waals surface area contributed by atoms with Gasteiger partial charge in [0, 0.05) is 16.8 Å². The molecule has 112 valence electrons. The maximum Gasteiger partial charge on any atom is 0.225 e. The van der Waals surface area contributed by atoms with Gasteiger partial charge in [-0.2, -0.15) is 0 Å². The fourth-order valence-corrected chi connectivity index (χ4v) is 3.39. The van der Waals surface area contributed by atoms with E-state index in [0.29, 0.717) is 6.04 Å². The molecule has 0 bridgehead atoms. The van der Waals surface area contributed by atoms with E-state index in [1.54, 1.807) is 11.3 Å². The van der Waals surface area contributed by atoms with Gasteiger partial charge in [-0.25, -0.2) is 0 Å². The van der Waals surface area contributed by atoms with Gasteiger partial charge in [-0.1, -0.05) is 26.8 Å². The second kappa shape index (κ2) is 6.72. The normalized spacial score (nSPS) is 18.1. The molecule has 0 radical (unpaired) electrons. The molecule has 1 aliphatic heterocycles. The average Bonchev–Trinajstić information content (AvgIpc) is 3.12. The fourth-order valence-electron chi connectivity index (χ4n) is 2.53. The molecule has 4 heteroatoms. The second-order valence-corrected chi connectivity index (χ2v) is 7.20. The molecular weight excluding hydrogens is 268 g/mol. The molecule has 0 aromatic carbocycles. The Balaban J connectivity index is 2.00. The third kappa shape index (κ3) is 3.61. The first-order valence-corrected chi connectivity index (χ1v) is 8.48. The number of rotatable bonds is 6. The summed E-state index contributed by atoms with van der Waals surface area (Å²) in [6.45, 7) is 9.11. The van der Waals surface area contributed by atoms with Crippen LogP contribution in [-0.2, 0) is 4.79 Å². The van der Waals surface area contributed by atoms with Crippen molar-refractivity contribution in [3.8, 4) is 0 Å². The van der Waals surface area contributed by atoms with Crippen LogP contribution < -0.4 is 5.32 Å². The summed E-state index contributed by atoms with van der Waals surface area (Å²) in [6, 6.07) is 4.63. The lowest BCUT2D eigenvalue weighted by Gasteiger charge is -2.29. The van der Waals surface area contributed by atoms with Gasteiger partial charge in [-0.3, -0.25) is 9.69 Å². The average molecular weight is 294 g/mol. The Morgan fingerprint density at radius 1 is 1.45 bits per heavy atom. The number of hydrogen-bond donors (Lipinski definition) is 1. The van der Waals surface area contributed by atoms with Crippen LogP contribution in [0.2, 0.25) is 0 Å². The van der Waals surface area contributed by atoms with Gasteiger partial charge in [0.25, 0.3) is 0 Å². The second-order valence-electron chi connectivity index (χ2n) is 6.22. The van der Waals surface area contributed by atoms with Crippen LogP contribution in [0.4, 0.5) is 0 Å².